The van der Waals surface area contributed by atoms with Gasteiger partial charge in [0.2, 0.25) is 32.0 Å². The molecular weight excluding hydrogens is 527 g/mol. The van der Waals surface area contributed by atoms with Crippen LogP contribution in [0.1, 0.15) is 0 Å². The molecule has 0 unspecified atom stereocenters. The third kappa shape index (κ3) is 5.12. The van der Waals surface area contributed by atoms with E-state index < -0.39 is 65.0 Å². The van der Waals surface area contributed by atoms with Gasteiger partial charge in [-0.25, -0.2) is 25.0 Å². The van der Waals surface area contributed by atoms with Gasteiger partial charge < -0.3 is 8.82 Å². The maximum atomic E-state index is 13.6. The van der Waals surface area contributed by atoms with Gasteiger partial charge in [-0.3, -0.25) is 0 Å². The molecule has 0 aromatic heterocycles. The Labute approximate surface area is 189 Å². The van der Waals surface area contributed by atoms with Crippen LogP contribution >= 0.6 is 13.1 Å². The summed E-state index contributed by atoms with van der Waals surface area (Å²) in [5, 5.41) is 0. The van der Waals surface area contributed by atoms with Crippen molar-refractivity contribution in [2.45, 2.75) is 78.6 Å². The summed E-state index contributed by atoms with van der Waals surface area (Å²) in [5.41, 5.74) is 0. The van der Waals surface area contributed by atoms with Crippen LogP contribution in [0.15, 0.2) is 8.82 Å². The minimum atomic E-state index is -3.69. The van der Waals surface area contributed by atoms with Gasteiger partial charge in [-0.05, 0) is 39.3 Å². The Balaban J connectivity index is 4.61. The van der Waals surface area contributed by atoms with Crippen LogP contribution in [0.3, 0.4) is 0 Å². The van der Waals surface area contributed by atoms with E-state index in [1.54, 1.807) is 0 Å². The molecule has 0 N–H and O–H groups in total. The molecule has 0 saturated carbocycles. The molecule has 30 heavy (non-hydrogen) atoms. The van der Waals surface area contributed by atoms with Crippen molar-refractivity contribution in [1.82, 2.24) is 8.21 Å². The molecule has 1 rings (SSSR count). The van der Waals surface area contributed by atoms with Crippen molar-refractivity contribution in [3.63, 3.8) is 0 Å². The molecule has 1 fully saturated rings. The summed E-state index contributed by atoms with van der Waals surface area (Å²) in [4.78, 5) is 0. The molecule has 1 saturated heterocycles. The molecule has 1 aliphatic rings. The average Bonchev–Trinajstić information content (AvgIpc) is 2.25. The minimum Gasteiger partial charge on any atom is -0.300 e. The normalized spacial score (nSPS) is 28.2. The van der Waals surface area contributed by atoms with Gasteiger partial charge in [-0.1, -0.05) is 39.3 Å². The Morgan fingerprint density at radius 2 is 0.733 bits per heavy atom. The van der Waals surface area contributed by atoms with Crippen LogP contribution in [-0.2, 0) is 18.9 Å². The van der Waals surface area contributed by atoms with Crippen LogP contribution in [-0.4, -0.2) is 70.5 Å². The maximum absolute atomic E-state index is 13.6. The standard InChI is InChI=1S/C14H42N4O4P2S2Si4/c1-25(19,20)23(15-27(3,4)5)17(29(9,10)11)24(26(2,21)22,16-28(6,7)8)18(23)30(12,13)14/h1-14H3. The maximum Gasteiger partial charge on any atom is 0.205 e. The van der Waals surface area contributed by atoms with Gasteiger partial charge in [0.05, 0.1) is 0 Å². The Kier molecular flexibility index (Phi) is 7.63. The smallest absolute Gasteiger partial charge is 0.205 e. The Morgan fingerprint density at radius 1 is 0.533 bits per heavy atom. The zero-order chi connectivity index (χ0) is 24.6. The summed E-state index contributed by atoms with van der Waals surface area (Å²) in [5.74, 6) is 0. The molecule has 8 nitrogen and oxygen atoms in total. The highest BCUT2D eigenvalue weighted by Crippen LogP contribution is 2.95. The zero-order valence-electron chi connectivity index (χ0n) is 21.1. The van der Waals surface area contributed by atoms with Gasteiger partial charge in [0, 0.05) is 12.5 Å². The summed E-state index contributed by atoms with van der Waals surface area (Å²) < 4.78 is 68.7. The lowest BCUT2D eigenvalue weighted by molar-refractivity contribution is 0.606. The first kappa shape index (κ1) is 29.2. The average molecular weight is 569 g/mol. The van der Waals surface area contributed by atoms with Crippen molar-refractivity contribution in [3.05, 3.63) is 0 Å². The molecular formula is C14H42N4O4P2S2Si4. The van der Waals surface area contributed by atoms with Crippen molar-refractivity contribution < 1.29 is 16.8 Å². The van der Waals surface area contributed by atoms with Crippen LogP contribution in [0, 0.1) is 0 Å². The van der Waals surface area contributed by atoms with Crippen LogP contribution < -0.4 is 0 Å². The van der Waals surface area contributed by atoms with Crippen LogP contribution in [0.4, 0.5) is 0 Å². The van der Waals surface area contributed by atoms with Gasteiger partial charge in [-0.15, -0.1) is 0 Å². The predicted octanol–water partition coefficient (Wildman–Crippen LogP) is 5.93. The quantitative estimate of drug-likeness (QED) is 0.291. The highest BCUT2D eigenvalue weighted by molar-refractivity contribution is 8.65. The summed E-state index contributed by atoms with van der Waals surface area (Å²) in [6, 6.07) is 0. The fourth-order valence-electron chi connectivity index (χ4n) is 3.66. The zero-order valence-corrected chi connectivity index (χ0v) is 28.6. The predicted molar refractivity (Wildman–Crippen MR) is 145 cm³/mol. The van der Waals surface area contributed by atoms with E-state index in [4.69, 9.17) is 8.82 Å². The van der Waals surface area contributed by atoms with Crippen molar-refractivity contribution in [2.24, 2.45) is 8.82 Å². The van der Waals surface area contributed by atoms with E-state index in [0.29, 0.717) is 0 Å². The molecule has 0 aromatic carbocycles. The molecule has 180 valence electrons. The topological polar surface area (TPSA) is 99.5 Å². The van der Waals surface area contributed by atoms with Gasteiger partial charge in [-0.2, -0.15) is 0 Å². The fourth-order valence-corrected chi connectivity index (χ4v) is 68.7. The summed E-state index contributed by atoms with van der Waals surface area (Å²) >= 11 is 0. The van der Waals surface area contributed by atoms with Gasteiger partial charge in [0.15, 0.2) is 16.5 Å². The first-order valence-corrected chi connectivity index (χ1v) is 32.0. The van der Waals surface area contributed by atoms with E-state index in [1.807, 2.05) is 86.8 Å². The highest BCUT2D eigenvalue weighted by atomic mass is 32.8. The Bertz CT molecular complexity index is 934. The second-order valence-electron chi connectivity index (χ2n) is 12.0. The summed E-state index contributed by atoms with van der Waals surface area (Å²) in [6.45, 7) is 17.8. The molecule has 0 radical (unpaired) electrons. The molecule has 16 heteroatoms. The Hall–Kier alpha value is 1.15. The molecule has 1 heterocycles. The second-order valence-corrected chi connectivity index (χ2v) is 47.5. The lowest BCUT2D eigenvalue weighted by Crippen LogP contribution is -2.64. The number of hydrogen-bond donors (Lipinski definition) is 0. The van der Waals surface area contributed by atoms with Crippen LogP contribution in [0.2, 0.25) is 78.6 Å². The molecule has 0 atom stereocenters. The molecule has 0 amide bonds. The molecule has 0 spiro atoms. The fraction of sp³-hybridized carbons (Fsp3) is 1.00. The largest absolute Gasteiger partial charge is 0.300 e. The lowest BCUT2D eigenvalue weighted by atomic mass is 11.8. The van der Waals surface area contributed by atoms with Crippen molar-refractivity contribution in [3.8, 4) is 0 Å². The first-order valence-electron chi connectivity index (χ1n) is 9.94. The third-order valence-corrected chi connectivity index (χ3v) is 42.5. The van der Waals surface area contributed by atoms with E-state index in [1.165, 1.54) is 12.5 Å². The van der Waals surface area contributed by atoms with E-state index in [2.05, 4.69) is 0 Å². The first-order chi connectivity index (χ1) is 12.6. The van der Waals surface area contributed by atoms with Crippen LogP contribution in [0.25, 0.3) is 0 Å². The Morgan fingerprint density at radius 3 is 0.833 bits per heavy atom. The van der Waals surface area contributed by atoms with Gasteiger partial charge >= 0.3 is 0 Å². The monoisotopic (exact) mass is 568 g/mol. The molecule has 0 bridgehead atoms. The molecule has 1 aliphatic heterocycles. The molecule has 0 aliphatic carbocycles. The van der Waals surface area contributed by atoms with E-state index in [0.717, 1.165) is 0 Å². The van der Waals surface area contributed by atoms with Crippen molar-refractivity contribution >= 4 is 65.0 Å². The minimum absolute atomic E-state index is 1.26. The second kappa shape index (κ2) is 7.84. The van der Waals surface area contributed by atoms with E-state index in [9.17, 15) is 16.8 Å². The van der Waals surface area contributed by atoms with E-state index >= 15 is 0 Å². The highest BCUT2D eigenvalue weighted by Gasteiger charge is 2.74. The van der Waals surface area contributed by atoms with Crippen LogP contribution in [0.5, 0.6) is 0 Å². The SMILES string of the molecule is C[Si](C)(C)N=P1(S(C)(=O)=O)N([Si](C)(C)C)P(=N[Si](C)(C)C)(S(C)(=O)=O)N1[Si](C)(C)C. The summed E-state index contributed by atoms with van der Waals surface area (Å²) in [6.07, 6.45) is 2.52. The number of rotatable bonds is 6. The summed E-state index contributed by atoms with van der Waals surface area (Å²) in [7, 11) is -16.8. The van der Waals surface area contributed by atoms with Crippen molar-refractivity contribution in [1.29, 1.82) is 0 Å². The van der Waals surface area contributed by atoms with E-state index in [-0.39, 0.29) is 0 Å². The molecule has 0 aromatic rings. The number of nitrogens with zero attached hydrogens (tertiary/aromatic N) is 4. The van der Waals surface area contributed by atoms with Gasteiger partial charge in [0.25, 0.3) is 0 Å². The number of hydrogen-bond acceptors (Lipinski definition) is 6. The third-order valence-electron chi connectivity index (χ3n) is 3.94. The van der Waals surface area contributed by atoms with Gasteiger partial charge in [0.1, 0.15) is 16.5 Å². The van der Waals surface area contributed by atoms with Crippen molar-refractivity contribution in [2.75, 3.05) is 12.5 Å². The lowest BCUT2D eigenvalue weighted by Gasteiger charge is -2.68.